The van der Waals surface area contributed by atoms with Crippen molar-refractivity contribution in [3.05, 3.63) is 29.8 Å². The zero-order valence-electron chi connectivity index (χ0n) is 22.1. The highest BCUT2D eigenvalue weighted by molar-refractivity contribution is 6.23. The largest absolute Gasteiger partial charge is 0.327 e. The number of hydrogen-bond acceptors (Lipinski definition) is 3. The molecule has 6 fully saturated rings. The van der Waals surface area contributed by atoms with Crippen LogP contribution in [0, 0.1) is 23.2 Å². The highest BCUT2D eigenvalue weighted by Crippen LogP contribution is 2.61. The van der Waals surface area contributed by atoms with Crippen molar-refractivity contribution in [3.63, 3.8) is 0 Å². The van der Waals surface area contributed by atoms with Crippen LogP contribution in [0.25, 0.3) is 0 Å². The molecule has 0 spiro atoms. The Balaban J connectivity index is 1.32. The van der Waals surface area contributed by atoms with E-state index >= 15 is 0 Å². The van der Waals surface area contributed by atoms with Crippen molar-refractivity contribution in [2.24, 2.45) is 23.2 Å². The number of carbonyl (C=O) groups excluding carboxylic acids is 3. The van der Waals surface area contributed by atoms with E-state index in [0.29, 0.717) is 29.4 Å². The number of nitrogens with zero attached hydrogens (tertiary/aromatic N) is 2. The molecule has 5 aliphatic carbocycles. The van der Waals surface area contributed by atoms with Gasteiger partial charge in [-0.25, -0.2) is 4.90 Å². The number of benzene rings is 1. The molecule has 6 aliphatic rings. The molecule has 0 N–H and O–H groups in total. The first-order valence-corrected chi connectivity index (χ1v) is 14.6. The molecule has 36 heavy (non-hydrogen) atoms. The normalized spacial score (nSPS) is 34.5. The van der Waals surface area contributed by atoms with E-state index in [1.807, 2.05) is 29.2 Å². The molecule has 0 radical (unpaired) electrons. The molecule has 194 valence electrons. The summed E-state index contributed by atoms with van der Waals surface area (Å²) in [6.07, 6.45) is 13.5. The standard InChI is InChI=1S/C31H42N2O3/c1-20(2)24-9-11-26(12-10-24)33-28(34)16-27(29(33)35)32(25-7-5-3-4-6-8-25)30(36)31-17-21-13-22(18-31)15-23(14-21)19-31/h9-12,20-23,25,27H,3-8,13-19H2,1-2H3. The van der Waals surface area contributed by atoms with Crippen molar-refractivity contribution in [1.29, 1.82) is 0 Å². The average molecular weight is 491 g/mol. The number of imide groups is 1. The first-order valence-electron chi connectivity index (χ1n) is 14.6. The van der Waals surface area contributed by atoms with Gasteiger partial charge in [0.1, 0.15) is 6.04 Å². The third-order valence-corrected chi connectivity index (χ3v) is 10.2. The number of hydrogen-bond donors (Lipinski definition) is 0. The number of rotatable bonds is 5. The van der Waals surface area contributed by atoms with Crippen LogP contribution in [-0.2, 0) is 14.4 Å². The van der Waals surface area contributed by atoms with Crippen LogP contribution in [-0.4, -0.2) is 34.7 Å². The second-order valence-electron chi connectivity index (χ2n) is 13.1. The maximum absolute atomic E-state index is 14.7. The summed E-state index contributed by atoms with van der Waals surface area (Å²) >= 11 is 0. The van der Waals surface area contributed by atoms with E-state index in [-0.39, 0.29) is 35.6 Å². The Hall–Kier alpha value is -2.17. The van der Waals surface area contributed by atoms with Crippen LogP contribution in [0.4, 0.5) is 5.69 Å². The van der Waals surface area contributed by atoms with Gasteiger partial charge in [0.25, 0.3) is 5.91 Å². The van der Waals surface area contributed by atoms with Crippen molar-refractivity contribution in [2.45, 2.75) is 115 Å². The molecule has 1 atom stereocenters. The molecule has 1 unspecified atom stereocenters. The summed E-state index contributed by atoms with van der Waals surface area (Å²) in [5.41, 5.74) is 1.53. The molecule has 3 amide bonds. The lowest BCUT2D eigenvalue weighted by atomic mass is 9.49. The fourth-order valence-corrected chi connectivity index (χ4v) is 8.86. The van der Waals surface area contributed by atoms with Crippen LogP contribution in [0.2, 0.25) is 0 Å². The van der Waals surface area contributed by atoms with Crippen molar-refractivity contribution in [3.8, 4) is 0 Å². The van der Waals surface area contributed by atoms with Gasteiger partial charge in [-0.05, 0) is 92.7 Å². The van der Waals surface area contributed by atoms with Crippen molar-refractivity contribution in [1.82, 2.24) is 4.90 Å². The molecular weight excluding hydrogens is 448 g/mol. The third kappa shape index (κ3) is 4.11. The zero-order valence-corrected chi connectivity index (χ0v) is 22.1. The Kier molecular flexibility index (Phi) is 6.24. The summed E-state index contributed by atoms with van der Waals surface area (Å²) < 4.78 is 0. The monoisotopic (exact) mass is 490 g/mol. The Morgan fingerprint density at radius 2 is 1.44 bits per heavy atom. The van der Waals surface area contributed by atoms with E-state index < -0.39 is 6.04 Å². The minimum atomic E-state index is -0.647. The molecule has 5 saturated carbocycles. The molecule has 4 bridgehead atoms. The van der Waals surface area contributed by atoms with Gasteiger partial charge in [-0.3, -0.25) is 14.4 Å². The van der Waals surface area contributed by atoms with Crippen LogP contribution in [0.1, 0.15) is 109 Å². The summed E-state index contributed by atoms with van der Waals surface area (Å²) in [5.74, 6) is 2.27. The molecule has 1 aliphatic heterocycles. The molecule has 1 heterocycles. The predicted molar refractivity (Wildman–Crippen MR) is 140 cm³/mol. The Morgan fingerprint density at radius 1 is 0.889 bits per heavy atom. The summed E-state index contributed by atoms with van der Waals surface area (Å²) in [5, 5.41) is 0. The highest BCUT2D eigenvalue weighted by Gasteiger charge is 2.58. The molecule has 5 nitrogen and oxygen atoms in total. The molecule has 1 aromatic carbocycles. The summed E-state index contributed by atoms with van der Waals surface area (Å²) in [6, 6.07) is 7.24. The lowest BCUT2D eigenvalue weighted by Crippen LogP contribution is -2.60. The van der Waals surface area contributed by atoms with E-state index in [4.69, 9.17) is 0 Å². The minimum absolute atomic E-state index is 0.0815. The first-order chi connectivity index (χ1) is 17.3. The maximum atomic E-state index is 14.7. The molecule has 1 saturated heterocycles. The Bertz CT molecular complexity index is 985. The van der Waals surface area contributed by atoms with Crippen molar-refractivity contribution < 1.29 is 14.4 Å². The van der Waals surface area contributed by atoms with E-state index in [2.05, 4.69) is 13.8 Å². The third-order valence-electron chi connectivity index (χ3n) is 10.2. The maximum Gasteiger partial charge on any atom is 0.257 e. The van der Waals surface area contributed by atoms with Gasteiger partial charge in [0, 0.05) is 6.04 Å². The summed E-state index contributed by atoms with van der Waals surface area (Å²) in [4.78, 5) is 45.3. The van der Waals surface area contributed by atoms with Gasteiger partial charge in [0.05, 0.1) is 17.5 Å². The van der Waals surface area contributed by atoms with Crippen LogP contribution >= 0.6 is 0 Å². The lowest BCUT2D eigenvalue weighted by Gasteiger charge is -2.57. The quantitative estimate of drug-likeness (QED) is 0.364. The Labute approximate surface area is 216 Å². The zero-order chi connectivity index (χ0) is 25.0. The lowest BCUT2D eigenvalue weighted by molar-refractivity contribution is -0.164. The van der Waals surface area contributed by atoms with Gasteiger partial charge in [-0.15, -0.1) is 0 Å². The van der Waals surface area contributed by atoms with E-state index in [1.165, 1.54) is 42.6 Å². The molecular formula is C31H42N2O3. The number of amides is 3. The van der Waals surface area contributed by atoms with Gasteiger partial charge in [-0.1, -0.05) is 51.7 Å². The summed E-state index contributed by atoms with van der Waals surface area (Å²) in [7, 11) is 0. The van der Waals surface area contributed by atoms with Gasteiger partial charge in [0.2, 0.25) is 11.8 Å². The van der Waals surface area contributed by atoms with E-state index in [9.17, 15) is 14.4 Å². The first kappa shape index (κ1) is 24.2. The average Bonchev–Trinajstić information content (AvgIpc) is 3.00. The minimum Gasteiger partial charge on any atom is -0.327 e. The second-order valence-corrected chi connectivity index (χ2v) is 13.1. The van der Waals surface area contributed by atoms with Gasteiger partial charge >= 0.3 is 0 Å². The fourth-order valence-electron chi connectivity index (χ4n) is 8.86. The van der Waals surface area contributed by atoms with E-state index in [0.717, 1.165) is 44.9 Å². The van der Waals surface area contributed by atoms with Crippen LogP contribution < -0.4 is 4.90 Å². The van der Waals surface area contributed by atoms with Gasteiger partial charge < -0.3 is 4.90 Å². The Morgan fingerprint density at radius 3 is 1.97 bits per heavy atom. The fraction of sp³-hybridized carbons (Fsp3) is 0.710. The SMILES string of the molecule is CC(C)c1ccc(N2C(=O)CC(N(C(=O)C34CC5CC(CC(C5)C3)C4)C3CCCCCC3)C2=O)cc1. The summed E-state index contributed by atoms with van der Waals surface area (Å²) in [6.45, 7) is 4.27. The van der Waals surface area contributed by atoms with Gasteiger partial charge in [-0.2, -0.15) is 0 Å². The number of carbonyl (C=O) groups is 3. The van der Waals surface area contributed by atoms with Crippen molar-refractivity contribution in [2.75, 3.05) is 4.90 Å². The van der Waals surface area contributed by atoms with Crippen LogP contribution in [0.5, 0.6) is 0 Å². The second kappa shape index (κ2) is 9.29. The molecule has 5 heteroatoms. The van der Waals surface area contributed by atoms with Crippen LogP contribution in [0.15, 0.2) is 24.3 Å². The smallest absolute Gasteiger partial charge is 0.257 e. The van der Waals surface area contributed by atoms with Crippen molar-refractivity contribution >= 4 is 23.4 Å². The predicted octanol–water partition coefficient (Wildman–Crippen LogP) is 6.21. The highest BCUT2D eigenvalue weighted by atomic mass is 16.2. The van der Waals surface area contributed by atoms with Gasteiger partial charge in [0.15, 0.2) is 0 Å². The number of anilines is 1. The molecule has 1 aromatic rings. The topological polar surface area (TPSA) is 57.7 Å². The van der Waals surface area contributed by atoms with E-state index in [1.54, 1.807) is 0 Å². The van der Waals surface area contributed by atoms with Crippen LogP contribution in [0.3, 0.4) is 0 Å². The molecule has 7 rings (SSSR count). The molecule has 0 aromatic heterocycles.